The molecule has 0 atom stereocenters. The molecule has 0 spiro atoms. The Morgan fingerprint density at radius 3 is 2.12 bits per heavy atom. The van der Waals surface area contributed by atoms with E-state index in [2.05, 4.69) is 129 Å². The third kappa shape index (κ3) is 8.82. The van der Waals surface area contributed by atoms with Gasteiger partial charge in [0, 0.05) is 30.5 Å². The number of hydrogen-bond donors (Lipinski definition) is 0. The van der Waals surface area contributed by atoms with Crippen molar-refractivity contribution in [1.29, 1.82) is 5.26 Å². The minimum Gasteiger partial charge on any atom is -0.488 e. The van der Waals surface area contributed by atoms with Gasteiger partial charge in [-0.1, -0.05) is 112 Å². The number of rotatable bonds is 15. The second-order valence-corrected chi connectivity index (χ2v) is 22.1. The summed E-state index contributed by atoms with van der Waals surface area (Å²) in [6, 6.07) is 36.2. The van der Waals surface area contributed by atoms with Crippen LogP contribution in [-0.2, 0) is 24.0 Å². The number of aromatic nitrogens is 1. The molecule has 8 heteroatoms. The molecule has 0 amide bonds. The largest absolute Gasteiger partial charge is 0.488 e. The van der Waals surface area contributed by atoms with Crippen molar-refractivity contribution in [1.82, 2.24) is 15.0 Å². The van der Waals surface area contributed by atoms with Crippen molar-refractivity contribution < 1.29 is 13.7 Å². The van der Waals surface area contributed by atoms with Gasteiger partial charge in [0.05, 0.1) is 22.9 Å². The van der Waals surface area contributed by atoms with Crippen LogP contribution in [0, 0.1) is 22.7 Å². The van der Waals surface area contributed by atoms with Crippen molar-refractivity contribution in [2.24, 2.45) is 11.3 Å². The average molecular weight is 769 g/mol. The highest BCUT2D eigenvalue weighted by molar-refractivity contribution is 6.99. The molecular formula is C48H60N4O3Si. The van der Waals surface area contributed by atoms with Crippen molar-refractivity contribution >= 4 is 29.7 Å². The zero-order chi connectivity index (χ0) is 39.2. The number of fused-ring (bicyclic) bond motifs is 1. The highest BCUT2D eigenvalue weighted by atomic mass is 28.4. The van der Waals surface area contributed by atoms with E-state index in [0.717, 1.165) is 72.6 Å². The third-order valence-corrected chi connectivity index (χ3v) is 17.4. The van der Waals surface area contributed by atoms with Gasteiger partial charge >= 0.3 is 0 Å². The Hall–Kier alpha value is -4.26. The van der Waals surface area contributed by atoms with Crippen molar-refractivity contribution in [2.45, 2.75) is 90.3 Å². The molecule has 0 N–H and O–H groups in total. The van der Waals surface area contributed by atoms with Crippen molar-refractivity contribution in [3.63, 3.8) is 0 Å². The van der Waals surface area contributed by atoms with Crippen molar-refractivity contribution in [2.75, 3.05) is 40.3 Å². The van der Waals surface area contributed by atoms with Gasteiger partial charge in [0.15, 0.2) is 5.58 Å². The highest BCUT2D eigenvalue weighted by Crippen LogP contribution is 2.44. The molecule has 7 rings (SSSR count). The molecule has 56 heavy (non-hydrogen) atoms. The summed E-state index contributed by atoms with van der Waals surface area (Å²) in [6.07, 6.45) is 9.59. The van der Waals surface area contributed by atoms with E-state index in [-0.39, 0.29) is 10.5 Å². The highest BCUT2D eigenvalue weighted by Gasteiger charge is 2.52. The van der Waals surface area contributed by atoms with E-state index in [1.54, 1.807) is 0 Å². The van der Waals surface area contributed by atoms with Crippen molar-refractivity contribution in [3.8, 4) is 11.8 Å². The Morgan fingerprint density at radius 1 is 0.893 bits per heavy atom. The van der Waals surface area contributed by atoms with E-state index < -0.39 is 8.32 Å². The van der Waals surface area contributed by atoms with Crippen LogP contribution in [0.4, 0.5) is 0 Å². The standard InChI is InChI=1S/C48H60N4O3Si/c1-47(2,3)56(40-14-8-6-9-15-40,41-16-10-7-11-17-41)54-36-48(28-12-13-29-48)35-52-30-26-37(27-31-52)22-24-44-42-23-25-45(43(33-51(4)5)46(42)55-50-44)53-34-39-20-18-38(32-49)19-21-39/h6-11,14-21,23,25,37H,12-13,22,24,26-31,33-36H2,1-5H3. The lowest BCUT2D eigenvalue weighted by Gasteiger charge is -2.46. The van der Waals surface area contributed by atoms with Gasteiger partial charge in [-0.05, 0) is 117 Å². The fourth-order valence-electron chi connectivity index (χ4n) is 9.45. The second-order valence-electron chi connectivity index (χ2n) is 17.8. The summed E-state index contributed by atoms with van der Waals surface area (Å²) in [6.45, 7) is 12.6. The fourth-order valence-corrected chi connectivity index (χ4v) is 14.1. The lowest BCUT2D eigenvalue weighted by Crippen LogP contribution is -2.67. The number of benzene rings is 4. The SMILES string of the molecule is CN(C)Cc1c(OCc2ccc(C#N)cc2)ccc2c(CCC3CCN(CC4(CO[Si](c5ccccc5)(c5ccccc5)C(C)(C)C)CCCC4)CC3)noc12. The van der Waals surface area contributed by atoms with Crippen LogP contribution < -0.4 is 15.1 Å². The molecule has 7 nitrogen and oxygen atoms in total. The van der Waals surface area contributed by atoms with Gasteiger partial charge in [0.2, 0.25) is 0 Å². The normalized spacial score (nSPS) is 16.7. The molecule has 294 valence electrons. The predicted molar refractivity (Wildman–Crippen MR) is 229 cm³/mol. The van der Waals surface area contributed by atoms with Crippen LogP contribution in [0.2, 0.25) is 5.04 Å². The monoisotopic (exact) mass is 768 g/mol. The van der Waals surface area contributed by atoms with Crippen LogP contribution in [0.1, 0.15) is 88.1 Å². The summed E-state index contributed by atoms with van der Waals surface area (Å²) in [7, 11) is 1.54. The minimum atomic E-state index is -2.58. The molecule has 2 aliphatic rings. The molecule has 4 aromatic carbocycles. The van der Waals surface area contributed by atoms with Crippen LogP contribution in [0.3, 0.4) is 0 Å². The average Bonchev–Trinajstić information content (AvgIpc) is 3.85. The van der Waals surface area contributed by atoms with E-state index in [0.29, 0.717) is 24.6 Å². The third-order valence-electron chi connectivity index (χ3n) is 12.5. The maximum absolute atomic E-state index is 9.14. The maximum atomic E-state index is 9.14. The predicted octanol–water partition coefficient (Wildman–Crippen LogP) is 9.12. The molecule has 1 saturated carbocycles. The summed E-state index contributed by atoms with van der Waals surface area (Å²) in [5.41, 5.74) is 4.76. The Balaban J connectivity index is 0.983. The van der Waals surface area contributed by atoms with Gasteiger partial charge in [0.1, 0.15) is 12.4 Å². The maximum Gasteiger partial charge on any atom is 0.261 e. The van der Waals surface area contributed by atoms with E-state index in [4.69, 9.17) is 18.9 Å². The van der Waals surface area contributed by atoms with E-state index in [9.17, 15) is 0 Å². The summed E-state index contributed by atoms with van der Waals surface area (Å²) >= 11 is 0. The molecule has 2 fully saturated rings. The molecule has 1 aliphatic heterocycles. The van der Waals surface area contributed by atoms with Gasteiger partial charge in [-0.25, -0.2) is 0 Å². The van der Waals surface area contributed by atoms with Crippen LogP contribution >= 0.6 is 0 Å². The minimum absolute atomic E-state index is 0.0137. The van der Waals surface area contributed by atoms with Crippen LogP contribution in [-0.4, -0.2) is 63.6 Å². The molecule has 1 saturated heterocycles. The lowest BCUT2D eigenvalue weighted by molar-refractivity contribution is 0.0657. The first kappa shape index (κ1) is 40.0. The van der Waals surface area contributed by atoms with Gasteiger partial charge in [-0.15, -0.1) is 0 Å². The molecule has 0 bridgehead atoms. The fraction of sp³-hybridized carbons (Fsp3) is 0.458. The zero-order valence-electron chi connectivity index (χ0n) is 34.2. The summed E-state index contributed by atoms with van der Waals surface area (Å²) in [4.78, 5) is 4.89. The molecule has 2 heterocycles. The number of ether oxygens (including phenoxy) is 1. The molecule has 0 radical (unpaired) electrons. The van der Waals surface area contributed by atoms with Gasteiger partial charge in [-0.3, -0.25) is 0 Å². The molecule has 0 unspecified atom stereocenters. The van der Waals surface area contributed by atoms with E-state index >= 15 is 0 Å². The van der Waals surface area contributed by atoms with Crippen LogP contribution in [0.25, 0.3) is 11.0 Å². The smallest absolute Gasteiger partial charge is 0.261 e. The van der Waals surface area contributed by atoms with Crippen molar-refractivity contribution in [3.05, 3.63) is 119 Å². The first-order chi connectivity index (χ1) is 27.1. The number of aryl methyl sites for hydroxylation is 1. The van der Waals surface area contributed by atoms with Gasteiger partial charge < -0.3 is 23.5 Å². The van der Waals surface area contributed by atoms with Gasteiger partial charge in [-0.2, -0.15) is 5.26 Å². The quantitative estimate of drug-likeness (QED) is 0.0985. The van der Waals surface area contributed by atoms with E-state index in [1.165, 1.54) is 48.9 Å². The summed E-state index contributed by atoms with van der Waals surface area (Å²) in [5, 5.41) is 17.6. The first-order valence-corrected chi connectivity index (χ1v) is 22.6. The topological polar surface area (TPSA) is 74.8 Å². The Kier molecular flexibility index (Phi) is 12.5. The molecule has 5 aromatic rings. The Labute approximate surface area is 335 Å². The van der Waals surface area contributed by atoms with E-state index in [1.807, 2.05) is 24.3 Å². The number of likely N-dealkylation sites (tertiary alicyclic amines) is 1. The summed E-state index contributed by atoms with van der Waals surface area (Å²) in [5.74, 6) is 1.49. The number of hydrogen-bond acceptors (Lipinski definition) is 7. The number of nitrogens with zero attached hydrogens (tertiary/aromatic N) is 4. The number of piperidine rings is 1. The number of nitriles is 1. The lowest BCUT2D eigenvalue weighted by atomic mass is 9.84. The zero-order valence-corrected chi connectivity index (χ0v) is 35.2. The summed E-state index contributed by atoms with van der Waals surface area (Å²) < 4.78 is 20.0. The molecular weight excluding hydrogens is 709 g/mol. The molecule has 1 aromatic heterocycles. The van der Waals surface area contributed by atoms with Crippen LogP contribution in [0.5, 0.6) is 5.75 Å². The van der Waals surface area contributed by atoms with Crippen LogP contribution in [0.15, 0.2) is 102 Å². The Morgan fingerprint density at radius 2 is 1.54 bits per heavy atom. The first-order valence-electron chi connectivity index (χ1n) is 20.7. The van der Waals surface area contributed by atoms with Gasteiger partial charge in [0.25, 0.3) is 8.32 Å². The second kappa shape index (κ2) is 17.5. The Bertz CT molecular complexity index is 2010. The molecule has 1 aliphatic carbocycles.